The minimum Gasteiger partial charge on any atom is -0.478 e. The number of esters is 1. The fourth-order valence-electron chi connectivity index (χ4n) is 2.85. The first-order valence-corrected chi connectivity index (χ1v) is 8.32. The molecule has 0 aliphatic carbocycles. The lowest BCUT2D eigenvalue weighted by Crippen LogP contribution is -2.09. The molecular formula is C20H25NO4. The number of aliphatic hydroxyl groups excluding tert-OH is 1. The number of carbonyl (C=O) groups excluding carboxylic acids is 1. The average molecular weight is 343 g/mol. The first-order chi connectivity index (χ1) is 11.8. The minimum absolute atomic E-state index is 0.347. The molecule has 1 heterocycles. The Morgan fingerprint density at radius 2 is 2.00 bits per heavy atom. The van der Waals surface area contributed by atoms with E-state index in [9.17, 15) is 9.90 Å². The Morgan fingerprint density at radius 3 is 2.60 bits per heavy atom. The van der Waals surface area contributed by atoms with Crippen molar-refractivity contribution in [3.05, 3.63) is 46.6 Å². The van der Waals surface area contributed by atoms with Gasteiger partial charge < -0.3 is 14.6 Å². The van der Waals surface area contributed by atoms with Crippen LogP contribution in [0.15, 0.2) is 24.3 Å². The highest BCUT2D eigenvalue weighted by Crippen LogP contribution is 2.32. The predicted molar refractivity (Wildman–Crippen MR) is 97.0 cm³/mol. The summed E-state index contributed by atoms with van der Waals surface area (Å²) in [5.41, 5.74) is 5.22. The molecule has 1 aromatic heterocycles. The highest BCUT2D eigenvalue weighted by atomic mass is 16.5. The summed E-state index contributed by atoms with van der Waals surface area (Å²) in [4.78, 5) is 16.5. The summed E-state index contributed by atoms with van der Waals surface area (Å²) in [6.07, 6.45) is 0.159. The van der Waals surface area contributed by atoms with Crippen LogP contribution in [0.1, 0.15) is 40.5 Å². The zero-order valence-electron chi connectivity index (χ0n) is 15.4. The molecule has 2 rings (SSSR count). The van der Waals surface area contributed by atoms with Crippen molar-refractivity contribution in [2.45, 2.75) is 40.2 Å². The number of aromatic nitrogens is 1. The van der Waals surface area contributed by atoms with E-state index in [1.807, 2.05) is 39.0 Å². The third-order valence-corrected chi connectivity index (χ3v) is 4.17. The number of benzene rings is 1. The van der Waals surface area contributed by atoms with E-state index in [0.29, 0.717) is 24.5 Å². The van der Waals surface area contributed by atoms with Crippen molar-refractivity contribution in [2.24, 2.45) is 0 Å². The van der Waals surface area contributed by atoms with Gasteiger partial charge in [-0.3, -0.25) is 0 Å². The van der Waals surface area contributed by atoms with Crippen molar-refractivity contribution in [2.75, 3.05) is 13.7 Å². The van der Waals surface area contributed by atoms with Crippen molar-refractivity contribution in [3.8, 4) is 17.0 Å². The van der Waals surface area contributed by atoms with Crippen LogP contribution in [0.5, 0.6) is 5.88 Å². The van der Waals surface area contributed by atoms with Gasteiger partial charge in [-0.15, -0.1) is 0 Å². The second kappa shape index (κ2) is 8.12. The Balaban J connectivity index is 2.39. The van der Waals surface area contributed by atoms with Gasteiger partial charge in [0.1, 0.15) is 0 Å². The molecule has 0 saturated heterocycles. The summed E-state index contributed by atoms with van der Waals surface area (Å²) >= 11 is 0. The van der Waals surface area contributed by atoms with E-state index < -0.39 is 6.10 Å². The monoisotopic (exact) mass is 343 g/mol. The highest BCUT2D eigenvalue weighted by Gasteiger charge is 2.17. The molecule has 0 bridgehead atoms. The van der Waals surface area contributed by atoms with Gasteiger partial charge in [0.05, 0.1) is 25.4 Å². The molecular weight excluding hydrogens is 318 g/mol. The van der Waals surface area contributed by atoms with Gasteiger partial charge in [0.2, 0.25) is 5.88 Å². The van der Waals surface area contributed by atoms with E-state index in [0.717, 1.165) is 27.9 Å². The zero-order valence-corrected chi connectivity index (χ0v) is 15.4. The van der Waals surface area contributed by atoms with Crippen molar-refractivity contribution < 1.29 is 19.4 Å². The quantitative estimate of drug-likeness (QED) is 0.812. The fourth-order valence-corrected chi connectivity index (χ4v) is 2.85. The van der Waals surface area contributed by atoms with Gasteiger partial charge in [-0.05, 0) is 50.5 Å². The summed E-state index contributed by atoms with van der Waals surface area (Å²) in [7, 11) is 1.38. The minimum atomic E-state index is -0.398. The maximum atomic E-state index is 11.9. The summed E-state index contributed by atoms with van der Waals surface area (Å²) in [6, 6.07) is 7.47. The van der Waals surface area contributed by atoms with Crippen LogP contribution in [0.3, 0.4) is 0 Å². The summed E-state index contributed by atoms with van der Waals surface area (Å²) in [5, 5.41) is 9.32. The van der Waals surface area contributed by atoms with Gasteiger partial charge in [0.15, 0.2) is 0 Å². The molecule has 0 saturated carbocycles. The summed E-state index contributed by atoms with van der Waals surface area (Å²) < 4.78 is 10.5. The van der Waals surface area contributed by atoms with E-state index in [1.165, 1.54) is 7.11 Å². The Bertz CT molecular complexity index is 745. The molecule has 0 unspecified atom stereocenters. The lowest BCUT2D eigenvalue weighted by molar-refractivity contribution is 0.0600. The van der Waals surface area contributed by atoms with Crippen LogP contribution < -0.4 is 4.74 Å². The van der Waals surface area contributed by atoms with Crippen LogP contribution in [-0.2, 0) is 4.74 Å². The number of pyridine rings is 1. The number of methoxy groups -OCH3 is 1. The molecule has 25 heavy (non-hydrogen) atoms. The van der Waals surface area contributed by atoms with Gasteiger partial charge in [-0.2, -0.15) is 0 Å². The molecule has 0 radical (unpaired) electrons. The van der Waals surface area contributed by atoms with Crippen LogP contribution in [0, 0.1) is 20.8 Å². The van der Waals surface area contributed by atoms with Crippen molar-refractivity contribution in [1.29, 1.82) is 0 Å². The first-order valence-electron chi connectivity index (χ1n) is 8.32. The molecule has 0 fully saturated rings. The van der Waals surface area contributed by atoms with Crippen molar-refractivity contribution in [3.63, 3.8) is 0 Å². The summed E-state index contributed by atoms with van der Waals surface area (Å²) in [6.45, 7) is 7.98. The van der Waals surface area contributed by atoms with Gasteiger partial charge in [-0.25, -0.2) is 9.78 Å². The van der Waals surface area contributed by atoms with Crippen molar-refractivity contribution in [1.82, 2.24) is 4.98 Å². The number of nitrogens with zero attached hydrogens (tertiary/aromatic N) is 1. The number of ether oxygens (including phenoxy) is 2. The normalized spacial score (nSPS) is 11.9. The summed E-state index contributed by atoms with van der Waals surface area (Å²) in [5.74, 6) is 0.196. The van der Waals surface area contributed by atoms with E-state index in [-0.39, 0.29) is 5.97 Å². The van der Waals surface area contributed by atoms with E-state index in [4.69, 9.17) is 9.47 Å². The zero-order chi connectivity index (χ0) is 18.6. The highest BCUT2D eigenvalue weighted by molar-refractivity contribution is 5.93. The Morgan fingerprint density at radius 1 is 1.28 bits per heavy atom. The number of aliphatic hydroxyl groups is 1. The van der Waals surface area contributed by atoms with Crippen LogP contribution in [0.2, 0.25) is 0 Å². The molecule has 1 N–H and O–H groups in total. The van der Waals surface area contributed by atoms with Gasteiger partial charge in [0, 0.05) is 23.7 Å². The second-order valence-electron chi connectivity index (χ2n) is 6.19. The van der Waals surface area contributed by atoms with Crippen LogP contribution in [0.25, 0.3) is 11.1 Å². The van der Waals surface area contributed by atoms with E-state index >= 15 is 0 Å². The SMILES string of the molecule is COC(=O)c1cccc(-c2c(C)cc(OCC[C@@H](C)O)nc2C)c1C. The molecule has 0 spiro atoms. The topological polar surface area (TPSA) is 68.7 Å². The number of aryl methyl sites for hydroxylation is 2. The van der Waals surface area contributed by atoms with Crippen LogP contribution in [0.4, 0.5) is 0 Å². The largest absolute Gasteiger partial charge is 0.478 e. The Kier molecular flexibility index (Phi) is 6.15. The second-order valence-corrected chi connectivity index (χ2v) is 6.19. The fraction of sp³-hybridized carbons (Fsp3) is 0.400. The molecule has 0 aliphatic rings. The Labute approximate surface area is 148 Å². The maximum Gasteiger partial charge on any atom is 0.338 e. The van der Waals surface area contributed by atoms with Gasteiger partial charge in [0.25, 0.3) is 0 Å². The molecule has 1 atom stereocenters. The maximum absolute atomic E-state index is 11.9. The first kappa shape index (κ1) is 18.9. The number of rotatable bonds is 6. The van der Waals surface area contributed by atoms with E-state index in [2.05, 4.69) is 4.98 Å². The van der Waals surface area contributed by atoms with Crippen LogP contribution >= 0.6 is 0 Å². The predicted octanol–water partition coefficient (Wildman–Crippen LogP) is 3.61. The van der Waals surface area contributed by atoms with Crippen molar-refractivity contribution >= 4 is 5.97 Å². The molecule has 134 valence electrons. The number of hydrogen-bond donors (Lipinski definition) is 1. The number of hydrogen-bond acceptors (Lipinski definition) is 5. The Hall–Kier alpha value is -2.40. The smallest absolute Gasteiger partial charge is 0.338 e. The van der Waals surface area contributed by atoms with Gasteiger partial charge >= 0.3 is 5.97 Å². The molecule has 2 aromatic rings. The van der Waals surface area contributed by atoms with E-state index in [1.54, 1.807) is 13.0 Å². The molecule has 1 aromatic carbocycles. The average Bonchev–Trinajstić information content (AvgIpc) is 2.54. The molecule has 5 heteroatoms. The van der Waals surface area contributed by atoms with Crippen LogP contribution in [-0.4, -0.2) is 35.9 Å². The lowest BCUT2D eigenvalue weighted by atomic mass is 9.93. The standard InChI is InChI=1S/C20H25NO4/c1-12-11-18(25-10-9-13(2)22)21-15(4)19(12)16-7-6-8-17(14(16)3)20(23)24-5/h6-8,11,13,22H,9-10H2,1-5H3/t13-/m1/s1. The molecule has 5 nitrogen and oxygen atoms in total. The number of carbonyl (C=O) groups is 1. The third-order valence-electron chi connectivity index (χ3n) is 4.17. The van der Waals surface area contributed by atoms with Gasteiger partial charge in [-0.1, -0.05) is 12.1 Å². The lowest BCUT2D eigenvalue weighted by Gasteiger charge is -2.16. The third kappa shape index (κ3) is 4.37. The molecule has 0 amide bonds. The molecule has 0 aliphatic heterocycles.